The van der Waals surface area contributed by atoms with Crippen LogP contribution in [0.5, 0.6) is 0 Å². The fourth-order valence-electron chi connectivity index (χ4n) is 3.60. The lowest BCUT2D eigenvalue weighted by atomic mass is 10.0. The van der Waals surface area contributed by atoms with Crippen LogP contribution in [0.15, 0.2) is 60.9 Å². The molecule has 5 heteroatoms. The summed E-state index contributed by atoms with van der Waals surface area (Å²) in [4.78, 5) is 6.58. The molecule has 1 atom stereocenters. The fourth-order valence-corrected chi connectivity index (χ4v) is 3.60. The first-order valence-electron chi connectivity index (χ1n) is 8.47. The second-order valence-corrected chi connectivity index (χ2v) is 6.32. The van der Waals surface area contributed by atoms with E-state index in [1.54, 1.807) is 18.3 Å². The Morgan fingerprint density at radius 1 is 1.00 bits per heavy atom. The monoisotopic (exact) mass is 339 g/mol. The molecule has 0 bridgehead atoms. The van der Waals surface area contributed by atoms with Crippen LogP contribution in [0.4, 0.5) is 8.78 Å². The van der Waals surface area contributed by atoms with Gasteiger partial charge < -0.3 is 4.57 Å². The summed E-state index contributed by atoms with van der Waals surface area (Å²) in [6.45, 7) is 2.25. The Morgan fingerprint density at radius 3 is 2.76 bits per heavy atom. The van der Waals surface area contributed by atoms with Crippen molar-refractivity contribution in [2.75, 3.05) is 6.54 Å². The van der Waals surface area contributed by atoms with Crippen molar-refractivity contribution in [3.05, 3.63) is 89.5 Å². The second kappa shape index (κ2) is 6.76. The van der Waals surface area contributed by atoms with Crippen LogP contribution in [0.1, 0.15) is 29.4 Å². The predicted octanol–water partition coefficient (Wildman–Crippen LogP) is 4.16. The molecule has 0 fully saturated rings. The SMILES string of the molecule is Fc1cccc(C2c3cccn3CCCN2Cc2ccccn2)c1F. The smallest absolute Gasteiger partial charge is 0.163 e. The first-order chi connectivity index (χ1) is 12.2. The third-order valence-electron chi connectivity index (χ3n) is 4.72. The number of aryl methyl sites for hydroxylation is 1. The van der Waals surface area contributed by atoms with E-state index in [1.807, 2.05) is 36.5 Å². The van der Waals surface area contributed by atoms with Crippen molar-refractivity contribution in [3.63, 3.8) is 0 Å². The van der Waals surface area contributed by atoms with Gasteiger partial charge in [-0.2, -0.15) is 0 Å². The predicted molar refractivity (Wildman–Crippen MR) is 91.9 cm³/mol. The van der Waals surface area contributed by atoms with Gasteiger partial charge in [0.15, 0.2) is 11.6 Å². The third kappa shape index (κ3) is 3.07. The molecule has 0 saturated heterocycles. The summed E-state index contributed by atoms with van der Waals surface area (Å²) in [5, 5.41) is 0. The van der Waals surface area contributed by atoms with Gasteiger partial charge in [0.25, 0.3) is 0 Å². The van der Waals surface area contributed by atoms with Gasteiger partial charge in [0.1, 0.15) is 0 Å². The van der Waals surface area contributed by atoms with E-state index in [0.717, 1.165) is 37.0 Å². The zero-order valence-corrected chi connectivity index (χ0v) is 13.8. The van der Waals surface area contributed by atoms with Crippen molar-refractivity contribution in [2.24, 2.45) is 0 Å². The molecule has 3 aromatic rings. The van der Waals surface area contributed by atoms with Crippen LogP contribution in [0.25, 0.3) is 0 Å². The van der Waals surface area contributed by atoms with Gasteiger partial charge in [-0.15, -0.1) is 0 Å². The molecule has 0 saturated carbocycles. The van der Waals surface area contributed by atoms with Gasteiger partial charge in [-0.1, -0.05) is 18.2 Å². The Labute approximate surface area is 145 Å². The zero-order chi connectivity index (χ0) is 17.2. The Balaban J connectivity index is 1.80. The van der Waals surface area contributed by atoms with Crippen LogP contribution >= 0.6 is 0 Å². The van der Waals surface area contributed by atoms with Crippen LogP contribution < -0.4 is 0 Å². The second-order valence-electron chi connectivity index (χ2n) is 6.32. The van der Waals surface area contributed by atoms with Crippen molar-refractivity contribution in [3.8, 4) is 0 Å². The number of rotatable bonds is 3. The maximum atomic E-state index is 14.6. The molecule has 3 heterocycles. The van der Waals surface area contributed by atoms with Crippen LogP contribution in [-0.4, -0.2) is 21.0 Å². The van der Waals surface area contributed by atoms with E-state index in [0.29, 0.717) is 12.1 Å². The number of aromatic nitrogens is 2. The molecule has 0 N–H and O–H groups in total. The highest BCUT2D eigenvalue weighted by molar-refractivity contribution is 5.31. The van der Waals surface area contributed by atoms with E-state index in [-0.39, 0.29) is 6.04 Å². The normalized spacial score (nSPS) is 17.9. The number of pyridine rings is 1. The third-order valence-corrected chi connectivity index (χ3v) is 4.72. The highest BCUT2D eigenvalue weighted by atomic mass is 19.2. The number of nitrogens with zero attached hydrogens (tertiary/aromatic N) is 3. The quantitative estimate of drug-likeness (QED) is 0.714. The molecule has 0 aliphatic carbocycles. The topological polar surface area (TPSA) is 21.1 Å². The minimum Gasteiger partial charge on any atom is -0.350 e. The average molecular weight is 339 g/mol. The van der Waals surface area contributed by atoms with Crippen molar-refractivity contribution in [1.29, 1.82) is 0 Å². The van der Waals surface area contributed by atoms with E-state index >= 15 is 0 Å². The van der Waals surface area contributed by atoms with Crippen molar-refractivity contribution in [1.82, 2.24) is 14.5 Å². The molecule has 2 aromatic heterocycles. The Kier molecular flexibility index (Phi) is 4.32. The minimum atomic E-state index is -0.808. The first-order valence-corrected chi connectivity index (χ1v) is 8.47. The maximum Gasteiger partial charge on any atom is 0.163 e. The van der Waals surface area contributed by atoms with E-state index in [1.165, 1.54) is 0 Å². The van der Waals surface area contributed by atoms with Gasteiger partial charge in [-0.05, 0) is 36.8 Å². The van der Waals surface area contributed by atoms with E-state index in [2.05, 4.69) is 14.5 Å². The summed E-state index contributed by atoms with van der Waals surface area (Å²) < 4.78 is 30.6. The van der Waals surface area contributed by atoms with E-state index < -0.39 is 11.6 Å². The van der Waals surface area contributed by atoms with Crippen molar-refractivity contribution in [2.45, 2.75) is 25.6 Å². The average Bonchev–Trinajstić information content (AvgIpc) is 3.01. The number of benzene rings is 1. The molecule has 0 radical (unpaired) electrons. The molecular formula is C20H19F2N3. The summed E-state index contributed by atoms with van der Waals surface area (Å²) >= 11 is 0. The van der Waals surface area contributed by atoms with Gasteiger partial charge >= 0.3 is 0 Å². The summed E-state index contributed by atoms with van der Waals surface area (Å²) in [6, 6.07) is 13.8. The lowest BCUT2D eigenvalue weighted by Crippen LogP contribution is -2.30. The lowest BCUT2D eigenvalue weighted by Gasteiger charge is -2.30. The Morgan fingerprint density at radius 2 is 1.92 bits per heavy atom. The van der Waals surface area contributed by atoms with Crippen molar-refractivity contribution >= 4 is 0 Å². The first kappa shape index (κ1) is 16.0. The Hall–Kier alpha value is -2.53. The summed E-state index contributed by atoms with van der Waals surface area (Å²) in [6.07, 6.45) is 4.71. The number of hydrogen-bond donors (Lipinski definition) is 0. The lowest BCUT2D eigenvalue weighted by molar-refractivity contribution is 0.213. The van der Waals surface area contributed by atoms with Crippen LogP contribution in [0, 0.1) is 11.6 Å². The highest BCUT2D eigenvalue weighted by Gasteiger charge is 2.30. The van der Waals surface area contributed by atoms with Gasteiger partial charge in [0.2, 0.25) is 0 Å². The summed E-state index contributed by atoms with van der Waals surface area (Å²) in [5.74, 6) is -1.58. The van der Waals surface area contributed by atoms with E-state index in [9.17, 15) is 8.78 Å². The van der Waals surface area contributed by atoms with Gasteiger partial charge in [0, 0.05) is 43.3 Å². The van der Waals surface area contributed by atoms with E-state index in [4.69, 9.17) is 0 Å². The maximum absolute atomic E-state index is 14.6. The van der Waals surface area contributed by atoms with Crippen LogP contribution in [-0.2, 0) is 13.1 Å². The molecule has 1 aliphatic rings. The summed E-state index contributed by atoms with van der Waals surface area (Å²) in [7, 11) is 0. The number of halogens is 2. The molecule has 128 valence electrons. The standard InChI is InChI=1S/C20H19F2N3/c21-17-8-3-7-16(19(17)22)20-18-9-4-11-24(18)12-5-13-25(20)14-15-6-1-2-10-23-15/h1-4,6-11,20H,5,12-14H2. The molecule has 0 spiro atoms. The number of fused-ring (bicyclic) bond motifs is 1. The van der Waals surface area contributed by atoms with Crippen molar-refractivity contribution < 1.29 is 8.78 Å². The zero-order valence-electron chi connectivity index (χ0n) is 13.8. The highest BCUT2D eigenvalue weighted by Crippen LogP contribution is 2.34. The molecule has 0 amide bonds. The fraction of sp³-hybridized carbons (Fsp3) is 0.250. The minimum absolute atomic E-state index is 0.338. The number of hydrogen-bond acceptors (Lipinski definition) is 2. The van der Waals surface area contributed by atoms with Gasteiger partial charge in [-0.3, -0.25) is 9.88 Å². The summed E-state index contributed by atoms with van der Waals surface area (Å²) in [5.41, 5.74) is 2.28. The molecule has 4 rings (SSSR count). The van der Waals surface area contributed by atoms with Crippen LogP contribution in [0.2, 0.25) is 0 Å². The molecular weight excluding hydrogens is 320 g/mol. The van der Waals surface area contributed by atoms with Crippen LogP contribution in [0.3, 0.4) is 0 Å². The molecule has 1 unspecified atom stereocenters. The largest absolute Gasteiger partial charge is 0.350 e. The molecule has 3 nitrogen and oxygen atoms in total. The Bertz CT molecular complexity index is 860. The van der Waals surface area contributed by atoms with Gasteiger partial charge in [0.05, 0.1) is 11.7 Å². The van der Waals surface area contributed by atoms with Gasteiger partial charge in [-0.25, -0.2) is 8.78 Å². The molecule has 25 heavy (non-hydrogen) atoms. The molecule has 1 aliphatic heterocycles. The molecule has 1 aromatic carbocycles.